The monoisotopic (exact) mass is 144 g/mol. The van der Waals surface area contributed by atoms with Crippen LogP contribution in [0.5, 0.6) is 0 Å². The van der Waals surface area contributed by atoms with Gasteiger partial charge < -0.3 is 9.84 Å². The fourth-order valence-electron chi connectivity index (χ4n) is 1.29. The molecule has 1 rings (SSSR count). The fourth-order valence-corrected chi connectivity index (χ4v) is 1.29. The third-order valence-electron chi connectivity index (χ3n) is 2.30. The average molecular weight is 144 g/mol. The number of ether oxygens (including phenoxy) is 1. The second-order valence-corrected chi connectivity index (χ2v) is 3.74. The van der Waals surface area contributed by atoms with E-state index in [0.717, 1.165) is 0 Å². The molecule has 1 saturated heterocycles. The number of epoxide rings is 1. The molecule has 0 amide bonds. The van der Waals surface area contributed by atoms with Crippen LogP contribution in [-0.2, 0) is 4.74 Å². The van der Waals surface area contributed by atoms with Crippen molar-refractivity contribution in [3.8, 4) is 0 Å². The average Bonchev–Trinajstić information content (AvgIpc) is 2.38. The maximum absolute atomic E-state index is 9.18. The van der Waals surface area contributed by atoms with E-state index in [-0.39, 0.29) is 23.7 Å². The quantitative estimate of drug-likeness (QED) is 0.590. The van der Waals surface area contributed by atoms with E-state index < -0.39 is 0 Å². The smallest absolute Gasteiger partial charge is 0.0917 e. The van der Waals surface area contributed by atoms with Crippen molar-refractivity contribution in [1.29, 1.82) is 0 Å². The first-order chi connectivity index (χ1) is 4.45. The first-order valence-corrected chi connectivity index (χ1v) is 3.81. The maximum atomic E-state index is 9.18. The minimum Gasteiger partial charge on any atom is -0.393 e. The van der Waals surface area contributed by atoms with Gasteiger partial charge in [0.05, 0.1) is 17.8 Å². The second-order valence-electron chi connectivity index (χ2n) is 3.74. The highest BCUT2D eigenvalue weighted by Crippen LogP contribution is 2.41. The van der Waals surface area contributed by atoms with Crippen LogP contribution in [0.2, 0.25) is 0 Å². The minimum absolute atomic E-state index is 0.0103. The van der Waals surface area contributed by atoms with E-state index in [4.69, 9.17) is 4.74 Å². The Kier molecular flexibility index (Phi) is 1.77. The topological polar surface area (TPSA) is 32.8 Å². The largest absolute Gasteiger partial charge is 0.393 e. The summed E-state index contributed by atoms with van der Waals surface area (Å²) in [6, 6.07) is 0. The van der Waals surface area contributed by atoms with Gasteiger partial charge in [-0.25, -0.2) is 0 Å². The molecule has 10 heavy (non-hydrogen) atoms. The molecule has 1 fully saturated rings. The van der Waals surface area contributed by atoms with Crippen molar-refractivity contribution in [3.63, 3.8) is 0 Å². The first-order valence-electron chi connectivity index (χ1n) is 3.81. The summed E-state index contributed by atoms with van der Waals surface area (Å²) in [6.07, 6.45) is -0.000671. The van der Waals surface area contributed by atoms with Gasteiger partial charge in [0.25, 0.3) is 0 Å². The molecule has 60 valence electrons. The van der Waals surface area contributed by atoms with E-state index in [9.17, 15) is 5.11 Å². The molecular formula is C8H16O2. The molecule has 2 heteroatoms. The maximum Gasteiger partial charge on any atom is 0.0917 e. The number of aliphatic hydroxyl groups is 1. The van der Waals surface area contributed by atoms with E-state index in [0.29, 0.717) is 0 Å². The lowest BCUT2D eigenvalue weighted by molar-refractivity contribution is 0.115. The zero-order chi connectivity index (χ0) is 7.94. The Balaban J connectivity index is 2.40. The predicted molar refractivity (Wildman–Crippen MR) is 39.8 cm³/mol. The molecule has 3 unspecified atom stereocenters. The summed E-state index contributed by atoms with van der Waals surface area (Å²) >= 11 is 0. The lowest BCUT2D eigenvalue weighted by Crippen LogP contribution is -2.22. The molecule has 0 radical (unpaired) electrons. The van der Waals surface area contributed by atoms with Crippen LogP contribution in [-0.4, -0.2) is 22.9 Å². The molecule has 3 atom stereocenters. The van der Waals surface area contributed by atoms with Crippen LogP contribution < -0.4 is 0 Å². The highest BCUT2D eigenvalue weighted by Gasteiger charge is 2.51. The van der Waals surface area contributed by atoms with Crippen molar-refractivity contribution < 1.29 is 9.84 Å². The molecule has 0 spiro atoms. The Morgan fingerprint density at radius 3 is 1.90 bits per heavy atom. The molecule has 1 heterocycles. The normalized spacial score (nSPS) is 35.1. The fraction of sp³-hybridized carbons (Fsp3) is 1.00. The van der Waals surface area contributed by atoms with E-state index in [1.54, 1.807) is 0 Å². The number of hydrogen-bond donors (Lipinski definition) is 1. The van der Waals surface area contributed by atoms with Gasteiger partial charge in [-0.15, -0.1) is 0 Å². The first kappa shape index (κ1) is 8.02. The van der Waals surface area contributed by atoms with Crippen LogP contribution in [0.3, 0.4) is 0 Å². The van der Waals surface area contributed by atoms with Crippen LogP contribution in [0.15, 0.2) is 0 Å². The van der Waals surface area contributed by atoms with Crippen LogP contribution in [0.25, 0.3) is 0 Å². The molecule has 0 aromatic rings. The highest BCUT2D eigenvalue weighted by atomic mass is 16.6. The van der Waals surface area contributed by atoms with E-state index in [1.165, 1.54) is 0 Å². The van der Waals surface area contributed by atoms with Gasteiger partial charge >= 0.3 is 0 Å². The molecule has 0 aliphatic carbocycles. The number of aliphatic hydroxyl groups excluding tert-OH is 1. The third-order valence-corrected chi connectivity index (χ3v) is 2.30. The Hall–Kier alpha value is -0.0800. The Morgan fingerprint density at radius 1 is 1.40 bits per heavy atom. The molecule has 1 N–H and O–H groups in total. The molecule has 0 aromatic carbocycles. The third kappa shape index (κ3) is 1.32. The second kappa shape index (κ2) is 2.21. The summed E-state index contributed by atoms with van der Waals surface area (Å²) in [5, 5.41) is 9.18. The van der Waals surface area contributed by atoms with Gasteiger partial charge in [0.2, 0.25) is 0 Å². The summed E-state index contributed by atoms with van der Waals surface area (Å²) in [6.45, 7) is 7.93. The van der Waals surface area contributed by atoms with Crippen molar-refractivity contribution in [2.75, 3.05) is 0 Å². The Morgan fingerprint density at radius 2 is 1.80 bits per heavy atom. The van der Waals surface area contributed by atoms with Gasteiger partial charge in [-0.3, -0.25) is 0 Å². The molecule has 0 aromatic heterocycles. The van der Waals surface area contributed by atoms with Crippen molar-refractivity contribution >= 4 is 0 Å². The zero-order valence-electron chi connectivity index (χ0n) is 7.09. The number of hydrogen-bond acceptors (Lipinski definition) is 2. The Labute approximate surface area is 62.2 Å². The summed E-state index contributed by atoms with van der Waals surface area (Å²) in [4.78, 5) is 0. The van der Waals surface area contributed by atoms with Crippen molar-refractivity contribution in [2.45, 2.75) is 45.5 Å². The lowest BCUT2D eigenvalue weighted by atomic mass is 9.95. The van der Waals surface area contributed by atoms with Gasteiger partial charge in [-0.05, 0) is 20.8 Å². The molecule has 0 saturated carbocycles. The van der Waals surface area contributed by atoms with Gasteiger partial charge in [-0.1, -0.05) is 6.92 Å². The summed E-state index contributed by atoms with van der Waals surface area (Å²) in [5.41, 5.74) is 0.0103. The SMILES string of the molecule is CC(O)C(C)C1OC1(C)C. The number of rotatable bonds is 2. The lowest BCUT2D eigenvalue weighted by Gasteiger charge is -2.11. The van der Waals surface area contributed by atoms with Crippen LogP contribution in [0, 0.1) is 5.92 Å². The van der Waals surface area contributed by atoms with E-state index in [1.807, 2.05) is 13.8 Å². The summed E-state index contributed by atoms with van der Waals surface area (Å²) in [7, 11) is 0. The van der Waals surface area contributed by atoms with Gasteiger partial charge in [0, 0.05) is 5.92 Å². The van der Waals surface area contributed by atoms with Gasteiger partial charge in [0.1, 0.15) is 0 Å². The van der Waals surface area contributed by atoms with Crippen LogP contribution in [0.4, 0.5) is 0 Å². The predicted octanol–water partition coefficient (Wildman–Crippen LogP) is 1.18. The van der Waals surface area contributed by atoms with Gasteiger partial charge in [0.15, 0.2) is 0 Å². The molecular weight excluding hydrogens is 128 g/mol. The standard InChI is InChI=1S/C8H16O2/c1-5(6(2)9)7-8(3,4)10-7/h5-7,9H,1-4H3. The summed E-state index contributed by atoms with van der Waals surface area (Å²) < 4.78 is 5.37. The molecule has 2 nitrogen and oxygen atoms in total. The zero-order valence-corrected chi connectivity index (χ0v) is 7.09. The van der Waals surface area contributed by atoms with Gasteiger partial charge in [-0.2, -0.15) is 0 Å². The van der Waals surface area contributed by atoms with E-state index in [2.05, 4.69) is 13.8 Å². The van der Waals surface area contributed by atoms with Crippen LogP contribution >= 0.6 is 0 Å². The van der Waals surface area contributed by atoms with Crippen LogP contribution in [0.1, 0.15) is 27.7 Å². The van der Waals surface area contributed by atoms with Crippen molar-refractivity contribution in [1.82, 2.24) is 0 Å². The highest BCUT2D eigenvalue weighted by molar-refractivity contribution is 4.98. The van der Waals surface area contributed by atoms with Crippen molar-refractivity contribution in [2.24, 2.45) is 5.92 Å². The van der Waals surface area contributed by atoms with E-state index >= 15 is 0 Å². The molecule has 1 aliphatic heterocycles. The molecule has 0 bridgehead atoms. The molecule has 1 aliphatic rings. The van der Waals surface area contributed by atoms with Crippen molar-refractivity contribution in [3.05, 3.63) is 0 Å². The summed E-state index contributed by atoms with van der Waals surface area (Å²) in [5.74, 6) is 0.259. The minimum atomic E-state index is -0.258. The Bertz CT molecular complexity index is 129.